The molecule has 0 bridgehead atoms. The van der Waals surface area contributed by atoms with Gasteiger partial charge in [0, 0.05) is 22.5 Å². The zero-order chi connectivity index (χ0) is 15.4. The second-order valence-corrected chi connectivity index (χ2v) is 5.49. The molecule has 0 aliphatic rings. The van der Waals surface area contributed by atoms with Crippen molar-refractivity contribution in [1.29, 1.82) is 0 Å². The first-order valence-corrected chi connectivity index (χ1v) is 7.27. The van der Waals surface area contributed by atoms with Gasteiger partial charge in [-0.1, -0.05) is 23.7 Å². The van der Waals surface area contributed by atoms with Gasteiger partial charge in [-0.3, -0.25) is 0 Å². The van der Waals surface area contributed by atoms with Crippen LogP contribution in [0.15, 0.2) is 36.4 Å². The number of methoxy groups -OCH3 is 1. The molecule has 2 N–H and O–H groups in total. The smallest absolute Gasteiger partial charge is 0.175 e. The largest absolute Gasteiger partial charge is 0.497 e. The van der Waals surface area contributed by atoms with E-state index in [0.717, 1.165) is 28.3 Å². The molecule has 2 aromatic carbocycles. The standard InChI is InChI=1S/C16H17ClN2OS/c1-10-7-8-12(20-3)9-15(10)19-16(21)18-14-6-4-5-13(17)11(14)2/h4-9H,1-3H3,(H2,18,19,21). The first-order valence-electron chi connectivity index (χ1n) is 6.49. The Hall–Kier alpha value is -1.78. The molecule has 0 fully saturated rings. The van der Waals surface area contributed by atoms with Crippen LogP contribution in [0.4, 0.5) is 11.4 Å². The molecular formula is C16H17ClN2OS. The Labute approximate surface area is 135 Å². The van der Waals surface area contributed by atoms with Crippen LogP contribution in [0, 0.1) is 13.8 Å². The molecule has 2 rings (SSSR count). The number of benzene rings is 2. The van der Waals surface area contributed by atoms with E-state index in [-0.39, 0.29) is 0 Å². The van der Waals surface area contributed by atoms with Crippen LogP contribution >= 0.6 is 23.8 Å². The van der Waals surface area contributed by atoms with Gasteiger partial charge in [0.2, 0.25) is 0 Å². The molecule has 0 unspecified atom stereocenters. The Morgan fingerprint density at radius 1 is 1.10 bits per heavy atom. The van der Waals surface area contributed by atoms with E-state index in [9.17, 15) is 0 Å². The fourth-order valence-corrected chi connectivity index (χ4v) is 2.28. The third kappa shape index (κ3) is 3.86. The van der Waals surface area contributed by atoms with Crippen LogP contribution in [0.3, 0.4) is 0 Å². The number of nitrogens with one attached hydrogen (secondary N) is 2. The molecule has 0 aromatic heterocycles. The highest BCUT2D eigenvalue weighted by atomic mass is 35.5. The topological polar surface area (TPSA) is 33.3 Å². The fraction of sp³-hybridized carbons (Fsp3) is 0.188. The molecule has 0 saturated heterocycles. The molecule has 110 valence electrons. The van der Waals surface area contributed by atoms with Crippen molar-refractivity contribution in [2.45, 2.75) is 13.8 Å². The first kappa shape index (κ1) is 15.6. The molecule has 0 atom stereocenters. The minimum atomic E-state index is 0.511. The maximum absolute atomic E-state index is 6.10. The Balaban J connectivity index is 2.13. The number of rotatable bonds is 3. The summed E-state index contributed by atoms with van der Waals surface area (Å²) < 4.78 is 5.22. The SMILES string of the molecule is COc1ccc(C)c(NC(=S)Nc2cccc(Cl)c2C)c1. The Morgan fingerprint density at radius 2 is 1.81 bits per heavy atom. The zero-order valence-corrected chi connectivity index (χ0v) is 13.7. The Morgan fingerprint density at radius 3 is 2.52 bits per heavy atom. The van der Waals surface area contributed by atoms with Crippen molar-refractivity contribution in [2.24, 2.45) is 0 Å². The summed E-state index contributed by atoms with van der Waals surface area (Å²) in [4.78, 5) is 0. The molecule has 0 aliphatic carbocycles. The summed E-state index contributed by atoms with van der Waals surface area (Å²) in [5.74, 6) is 0.782. The summed E-state index contributed by atoms with van der Waals surface area (Å²) in [6.07, 6.45) is 0. The van der Waals surface area contributed by atoms with Gasteiger partial charge in [-0.2, -0.15) is 0 Å². The monoisotopic (exact) mass is 320 g/mol. The minimum Gasteiger partial charge on any atom is -0.497 e. The first-order chi connectivity index (χ1) is 10.0. The second kappa shape index (κ2) is 6.78. The number of hydrogen-bond acceptors (Lipinski definition) is 2. The second-order valence-electron chi connectivity index (χ2n) is 4.67. The third-order valence-corrected chi connectivity index (χ3v) is 3.82. The van der Waals surface area contributed by atoms with Gasteiger partial charge < -0.3 is 15.4 Å². The van der Waals surface area contributed by atoms with Crippen molar-refractivity contribution in [2.75, 3.05) is 17.7 Å². The van der Waals surface area contributed by atoms with Gasteiger partial charge >= 0.3 is 0 Å². The third-order valence-electron chi connectivity index (χ3n) is 3.21. The summed E-state index contributed by atoms with van der Waals surface area (Å²) in [5, 5.41) is 7.56. The Kier molecular flexibility index (Phi) is 5.04. The molecule has 3 nitrogen and oxygen atoms in total. The number of anilines is 2. The summed E-state index contributed by atoms with van der Waals surface area (Å²) in [7, 11) is 1.64. The predicted molar refractivity (Wildman–Crippen MR) is 93.8 cm³/mol. The van der Waals surface area contributed by atoms with E-state index in [4.69, 9.17) is 28.6 Å². The fourth-order valence-electron chi connectivity index (χ4n) is 1.88. The average molecular weight is 321 g/mol. The van der Waals surface area contributed by atoms with E-state index in [1.807, 2.05) is 50.2 Å². The maximum Gasteiger partial charge on any atom is 0.175 e. The molecule has 0 saturated carbocycles. The van der Waals surface area contributed by atoms with Gasteiger partial charge in [0.05, 0.1) is 7.11 Å². The van der Waals surface area contributed by atoms with Crippen LogP contribution in [0.2, 0.25) is 5.02 Å². The van der Waals surface area contributed by atoms with E-state index in [1.165, 1.54) is 0 Å². The van der Waals surface area contributed by atoms with E-state index in [1.54, 1.807) is 7.11 Å². The van der Waals surface area contributed by atoms with Gasteiger partial charge in [-0.25, -0.2) is 0 Å². The normalized spacial score (nSPS) is 10.1. The van der Waals surface area contributed by atoms with Crippen LogP contribution in [0.25, 0.3) is 0 Å². The summed E-state index contributed by atoms with van der Waals surface area (Å²) in [6, 6.07) is 11.5. The molecule has 0 spiro atoms. The quantitative estimate of drug-likeness (QED) is 0.798. The van der Waals surface area contributed by atoms with E-state index in [2.05, 4.69) is 10.6 Å². The lowest BCUT2D eigenvalue weighted by molar-refractivity contribution is 0.415. The van der Waals surface area contributed by atoms with Crippen molar-refractivity contribution in [1.82, 2.24) is 0 Å². The average Bonchev–Trinajstić information content (AvgIpc) is 2.46. The minimum absolute atomic E-state index is 0.511. The van der Waals surface area contributed by atoms with Crippen LogP contribution in [-0.2, 0) is 0 Å². The number of ether oxygens (including phenoxy) is 1. The van der Waals surface area contributed by atoms with Gasteiger partial charge in [-0.15, -0.1) is 0 Å². The van der Waals surface area contributed by atoms with Crippen LogP contribution in [0.5, 0.6) is 5.75 Å². The van der Waals surface area contributed by atoms with Crippen molar-refractivity contribution in [3.8, 4) is 5.75 Å². The summed E-state index contributed by atoms with van der Waals surface area (Å²) in [5.41, 5.74) is 3.85. The highest BCUT2D eigenvalue weighted by Gasteiger charge is 2.06. The number of aryl methyl sites for hydroxylation is 1. The van der Waals surface area contributed by atoms with Crippen LogP contribution in [0.1, 0.15) is 11.1 Å². The lowest BCUT2D eigenvalue weighted by atomic mass is 10.2. The Bertz CT molecular complexity index is 673. The van der Waals surface area contributed by atoms with E-state index < -0.39 is 0 Å². The molecule has 2 aromatic rings. The lowest BCUT2D eigenvalue weighted by Crippen LogP contribution is -2.20. The van der Waals surface area contributed by atoms with Gasteiger partial charge in [0.1, 0.15) is 5.75 Å². The molecule has 0 radical (unpaired) electrons. The summed E-state index contributed by atoms with van der Waals surface area (Å²) >= 11 is 11.5. The van der Waals surface area contributed by atoms with E-state index in [0.29, 0.717) is 10.1 Å². The molecule has 0 amide bonds. The number of hydrogen-bond donors (Lipinski definition) is 2. The van der Waals surface area contributed by atoms with Gasteiger partial charge in [0.25, 0.3) is 0 Å². The van der Waals surface area contributed by atoms with Crippen molar-refractivity contribution < 1.29 is 4.74 Å². The number of halogens is 1. The van der Waals surface area contributed by atoms with Crippen molar-refractivity contribution in [3.05, 3.63) is 52.5 Å². The van der Waals surface area contributed by atoms with Crippen molar-refractivity contribution in [3.63, 3.8) is 0 Å². The van der Waals surface area contributed by atoms with E-state index >= 15 is 0 Å². The molecule has 5 heteroatoms. The molecular weight excluding hydrogens is 304 g/mol. The predicted octanol–water partition coefficient (Wildman–Crippen LogP) is 4.77. The van der Waals surface area contributed by atoms with Crippen LogP contribution < -0.4 is 15.4 Å². The van der Waals surface area contributed by atoms with Gasteiger partial charge in [0.15, 0.2) is 5.11 Å². The van der Waals surface area contributed by atoms with Crippen LogP contribution in [-0.4, -0.2) is 12.2 Å². The van der Waals surface area contributed by atoms with Crippen molar-refractivity contribution >= 4 is 40.3 Å². The number of thiocarbonyl (C=S) groups is 1. The zero-order valence-electron chi connectivity index (χ0n) is 12.2. The molecule has 21 heavy (non-hydrogen) atoms. The summed E-state index contributed by atoms with van der Waals surface area (Å²) in [6.45, 7) is 3.96. The molecule has 0 heterocycles. The maximum atomic E-state index is 6.10. The highest BCUT2D eigenvalue weighted by molar-refractivity contribution is 7.80. The highest BCUT2D eigenvalue weighted by Crippen LogP contribution is 2.24. The van der Waals surface area contributed by atoms with Gasteiger partial charge in [-0.05, 0) is 55.4 Å². The lowest BCUT2D eigenvalue weighted by Gasteiger charge is -2.15. The molecule has 0 aliphatic heterocycles.